The lowest BCUT2D eigenvalue weighted by Crippen LogP contribution is -2.60. The maximum atomic E-state index is 13.1. The number of hydrogen-bond donors (Lipinski definition) is 6. The highest BCUT2D eigenvalue weighted by atomic mass is 16.7. The normalized spacial score (nSPS) is 19.3. The molecule has 0 aromatic rings. The van der Waals surface area contributed by atoms with Crippen LogP contribution in [0, 0.1) is 0 Å². The van der Waals surface area contributed by atoms with Crippen LogP contribution in [0.3, 0.4) is 0 Å². The van der Waals surface area contributed by atoms with E-state index in [-0.39, 0.29) is 12.5 Å². The smallest absolute Gasteiger partial charge is 0.220 e. The highest BCUT2D eigenvalue weighted by Gasteiger charge is 2.44. The van der Waals surface area contributed by atoms with E-state index in [0.29, 0.717) is 6.42 Å². The minimum atomic E-state index is -1.58. The predicted octanol–water partition coefficient (Wildman–Crippen LogP) is 17.5. The third-order valence-electron chi connectivity index (χ3n) is 14.8. The summed E-state index contributed by atoms with van der Waals surface area (Å²) >= 11 is 0. The summed E-state index contributed by atoms with van der Waals surface area (Å²) in [6.07, 6.45) is 81.3. The van der Waals surface area contributed by atoms with E-state index in [1.54, 1.807) is 6.08 Å². The Hall–Kier alpha value is -3.41. The van der Waals surface area contributed by atoms with E-state index in [4.69, 9.17) is 9.47 Å². The van der Waals surface area contributed by atoms with E-state index in [1.807, 2.05) is 6.08 Å². The monoisotopic (exact) mass is 1120 g/mol. The zero-order valence-corrected chi connectivity index (χ0v) is 51.0. The van der Waals surface area contributed by atoms with Crippen molar-refractivity contribution in [2.45, 2.75) is 307 Å². The van der Waals surface area contributed by atoms with E-state index in [1.165, 1.54) is 128 Å². The van der Waals surface area contributed by atoms with Gasteiger partial charge in [-0.2, -0.15) is 0 Å². The number of nitrogens with one attached hydrogen (secondary N) is 1. The molecule has 1 aliphatic heterocycles. The number of unbranched alkanes of at least 4 members (excludes halogenated alkanes) is 27. The molecule has 1 fully saturated rings. The van der Waals surface area contributed by atoms with E-state index in [9.17, 15) is 30.3 Å². The second-order valence-corrected chi connectivity index (χ2v) is 22.2. The summed E-state index contributed by atoms with van der Waals surface area (Å²) in [5, 5.41) is 54.7. The Labute approximate surface area is 490 Å². The number of aliphatic hydroxyl groups excluding tert-OH is 5. The average molecular weight is 1120 g/mol. The molecule has 0 aliphatic carbocycles. The molecule has 7 unspecified atom stereocenters. The van der Waals surface area contributed by atoms with Crippen molar-refractivity contribution >= 4 is 5.91 Å². The van der Waals surface area contributed by atoms with Gasteiger partial charge < -0.3 is 40.3 Å². The molecule has 1 aliphatic rings. The lowest BCUT2D eigenvalue weighted by atomic mass is 9.99. The molecule has 0 aromatic heterocycles. The van der Waals surface area contributed by atoms with Gasteiger partial charge in [-0.3, -0.25) is 4.79 Å². The highest BCUT2D eigenvalue weighted by molar-refractivity contribution is 5.76. The molecular weight excluding hydrogens is 995 g/mol. The van der Waals surface area contributed by atoms with E-state index in [0.717, 1.165) is 116 Å². The molecule has 9 nitrogen and oxygen atoms in total. The molecule has 80 heavy (non-hydrogen) atoms. The van der Waals surface area contributed by atoms with Gasteiger partial charge in [0.05, 0.1) is 25.4 Å². The summed E-state index contributed by atoms with van der Waals surface area (Å²) in [4.78, 5) is 13.1. The van der Waals surface area contributed by atoms with Crippen LogP contribution in [0.5, 0.6) is 0 Å². The highest BCUT2D eigenvalue weighted by Crippen LogP contribution is 2.23. The predicted molar refractivity (Wildman–Crippen MR) is 340 cm³/mol. The Kier molecular flexibility index (Phi) is 54.8. The lowest BCUT2D eigenvalue weighted by molar-refractivity contribution is -0.302. The van der Waals surface area contributed by atoms with Crippen molar-refractivity contribution in [1.82, 2.24) is 5.32 Å². The quantitative estimate of drug-likeness (QED) is 0.0261. The van der Waals surface area contributed by atoms with E-state index < -0.39 is 49.5 Å². The summed E-state index contributed by atoms with van der Waals surface area (Å²) in [6, 6.07) is -0.826. The number of ether oxygens (including phenoxy) is 2. The van der Waals surface area contributed by atoms with E-state index >= 15 is 0 Å². The molecule has 1 heterocycles. The molecule has 0 spiro atoms. The van der Waals surface area contributed by atoms with Gasteiger partial charge in [0.15, 0.2) is 6.29 Å². The Balaban J connectivity index is 2.22. The van der Waals surface area contributed by atoms with Crippen LogP contribution in [0.1, 0.15) is 264 Å². The summed E-state index contributed by atoms with van der Waals surface area (Å²) in [6.45, 7) is 3.67. The minimum absolute atomic E-state index is 0.198. The summed E-state index contributed by atoms with van der Waals surface area (Å²) in [5.41, 5.74) is 0. The van der Waals surface area contributed by atoms with Gasteiger partial charge in [0.25, 0.3) is 0 Å². The van der Waals surface area contributed by atoms with Crippen LogP contribution in [0.25, 0.3) is 0 Å². The van der Waals surface area contributed by atoms with Crippen LogP contribution in [0.2, 0.25) is 0 Å². The SMILES string of the molecule is CC/C=C\C/C=C\C/C=C\C/C=C\C/C=C\C/C=C\C/C=C\C/C=C\C/C=C\CCCCCCCC(=O)NC(COC1OC(CO)C(O)C(O)C1O)C(O)/C=C/CCCCCCCCCCCCCCCCCCCCCCCC. The molecule has 1 saturated heterocycles. The number of aliphatic hydroxyl groups is 5. The molecule has 458 valence electrons. The van der Waals surface area contributed by atoms with Crippen molar-refractivity contribution in [3.63, 3.8) is 0 Å². The number of allylic oxidation sites excluding steroid dienone is 19. The van der Waals surface area contributed by atoms with Gasteiger partial charge in [-0.1, -0.05) is 289 Å². The second-order valence-electron chi connectivity index (χ2n) is 22.2. The summed E-state index contributed by atoms with van der Waals surface area (Å²) in [5.74, 6) is -0.198. The number of amides is 1. The second kappa shape index (κ2) is 58.8. The van der Waals surface area contributed by atoms with Crippen LogP contribution < -0.4 is 5.32 Å². The maximum absolute atomic E-state index is 13.1. The number of carbonyl (C=O) groups is 1. The van der Waals surface area contributed by atoms with Crippen molar-refractivity contribution in [2.75, 3.05) is 13.2 Å². The molecule has 0 radical (unpaired) electrons. The molecule has 7 atom stereocenters. The third-order valence-corrected chi connectivity index (χ3v) is 14.8. The van der Waals surface area contributed by atoms with Crippen LogP contribution >= 0.6 is 0 Å². The van der Waals surface area contributed by atoms with E-state index in [2.05, 4.69) is 129 Å². The molecule has 1 rings (SSSR count). The summed E-state index contributed by atoms with van der Waals surface area (Å²) in [7, 11) is 0. The number of carbonyl (C=O) groups excluding carboxylic acids is 1. The van der Waals surface area contributed by atoms with Crippen LogP contribution in [0.15, 0.2) is 122 Å². The average Bonchev–Trinajstić information content (AvgIpc) is 3.46. The molecular formula is C71H121NO8. The molecule has 9 heteroatoms. The van der Waals surface area contributed by atoms with Crippen molar-refractivity contribution in [1.29, 1.82) is 0 Å². The zero-order valence-electron chi connectivity index (χ0n) is 51.0. The van der Waals surface area contributed by atoms with Crippen molar-refractivity contribution in [2.24, 2.45) is 0 Å². The Bertz CT molecular complexity index is 1670. The number of rotatable bonds is 55. The van der Waals surface area contributed by atoms with Gasteiger partial charge in [0, 0.05) is 6.42 Å². The molecule has 0 bridgehead atoms. The molecule has 6 N–H and O–H groups in total. The van der Waals surface area contributed by atoms with Gasteiger partial charge in [0.2, 0.25) is 5.91 Å². The first-order valence-corrected chi connectivity index (χ1v) is 32.8. The molecule has 0 saturated carbocycles. The summed E-state index contributed by atoms with van der Waals surface area (Å²) < 4.78 is 11.3. The van der Waals surface area contributed by atoms with Crippen LogP contribution in [0.4, 0.5) is 0 Å². The Morgan fingerprint density at radius 3 is 1.15 bits per heavy atom. The van der Waals surface area contributed by atoms with Crippen LogP contribution in [-0.4, -0.2) is 87.5 Å². The van der Waals surface area contributed by atoms with Crippen molar-refractivity contribution < 1.29 is 39.8 Å². The van der Waals surface area contributed by atoms with Gasteiger partial charge >= 0.3 is 0 Å². The van der Waals surface area contributed by atoms with Crippen molar-refractivity contribution in [3.05, 3.63) is 122 Å². The Morgan fingerprint density at radius 1 is 0.438 bits per heavy atom. The first-order valence-electron chi connectivity index (χ1n) is 32.8. The lowest BCUT2D eigenvalue weighted by Gasteiger charge is -2.40. The maximum Gasteiger partial charge on any atom is 0.220 e. The first kappa shape index (κ1) is 74.6. The zero-order chi connectivity index (χ0) is 57.9. The van der Waals surface area contributed by atoms with Crippen molar-refractivity contribution in [3.8, 4) is 0 Å². The first-order chi connectivity index (χ1) is 39.3. The molecule has 1 amide bonds. The van der Waals surface area contributed by atoms with Crippen LogP contribution in [-0.2, 0) is 14.3 Å². The fourth-order valence-corrected chi connectivity index (χ4v) is 9.68. The number of hydrogen-bond acceptors (Lipinski definition) is 8. The fraction of sp³-hybridized carbons (Fsp3) is 0.704. The Morgan fingerprint density at radius 2 is 0.775 bits per heavy atom. The minimum Gasteiger partial charge on any atom is -0.394 e. The standard InChI is InChI=1S/C71H121NO8/c1-3-5-7-9-11-13-15-17-19-21-23-25-27-29-30-31-32-33-34-35-36-37-39-41-43-45-47-49-51-53-55-57-59-61-67(75)72-64(63-79-71-70(78)69(77)68(76)66(62-73)80-71)65(74)60-58-56-54-52-50-48-46-44-42-40-38-28-26-24-22-20-18-16-14-12-10-8-6-4-2/h5,7,11,13,17,19,23,25,29-30,32-33,35-36,39,41,45,47,58,60,64-66,68-71,73-74,76-78H,3-4,6,8-10,12,14-16,18,20-22,24,26-28,31,34,37-38,40,42-44,46,48-57,59,61-63H2,1-2H3,(H,72,75)/b7-5-,13-11-,19-17-,25-23-,30-29-,33-32-,36-35-,41-39-,47-45-,60-58+. The van der Waals surface area contributed by atoms with Gasteiger partial charge in [0.1, 0.15) is 24.4 Å². The van der Waals surface area contributed by atoms with Gasteiger partial charge in [-0.15, -0.1) is 0 Å². The largest absolute Gasteiger partial charge is 0.394 e. The topological polar surface area (TPSA) is 149 Å². The van der Waals surface area contributed by atoms with Gasteiger partial charge in [-0.25, -0.2) is 0 Å². The third kappa shape index (κ3) is 47.1. The van der Waals surface area contributed by atoms with Gasteiger partial charge in [-0.05, 0) is 89.9 Å². The fourth-order valence-electron chi connectivity index (χ4n) is 9.68. The molecule has 0 aromatic carbocycles.